The van der Waals surface area contributed by atoms with Crippen molar-refractivity contribution in [1.29, 1.82) is 0 Å². The predicted molar refractivity (Wildman–Crippen MR) is 50.2 cm³/mol. The summed E-state index contributed by atoms with van der Waals surface area (Å²) in [4.78, 5) is 13.7. The van der Waals surface area contributed by atoms with Crippen LogP contribution in [0.5, 0.6) is 0 Å². The van der Waals surface area contributed by atoms with Gasteiger partial charge in [-0.25, -0.2) is 10.2 Å². The molecule has 0 spiro atoms. The number of aromatic nitrogens is 1. The van der Waals surface area contributed by atoms with Gasteiger partial charge in [0.1, 0.15) is 0 Å². The normalized spacial score (nSPS) is 9.23. The summed E-state index contributed by atoms with van der Waals surface area (Å²) in [5.41, 5.74) is 2.65. The smallest absolute Gasteiger partial charge is 0.425 e. The highest BCUT2D eigenvalue weighted by molar-refractivity contribution is 5.85. The number of hydrazone groups is 1. The second-order valence-corrected chi connectivity index (χ2v) is 1.96. The first-order valence-corrected chi connectivity index (χ1v) is 3.21. The second kappa shape index (κ2) is 5.96. The highest BCUT2D eigenvalue weighted by Gasteiger charge is 1.87. The molecule has 1 aromatic heterocycles. The summed E-state index contributed by atoms with van der Waals surface area (Å²) in [5, 5.41) is 11.6. The number of carboxylic acid groups (broad SMARTS) is 1. The lowest BCUT2D eigenvalue weighted by molar-refractivity contribution is 0.195. The van der Waals surface area contributed by atoms with Crippen molar-refractivity contribution >= 4 is 24.7 Å². The molecule has 2 N–H and O–H groups in total. The van der Waals surface area contributed by atoms with E-state index in [1.165, 1.54) is 6.21 Å². The van der Waals surface area contributed by atoms with E-state index in [9.17, 15) is 4.79 Å². The van der Waals surface area contributed by atoms with Gasteiger partial charge in [-0.3, -0.25) is 4.98 Å². The van der Waals surface area contributed by atoms with Gasteiger partial charge >= 0.3 is 6.09 Å². The van der Waals surface area contributed by atoms with Gasteiger partial charge < -0.3 is 5.11 Å². The van der Waals surface area contributed by atoms with E-state index in [4.69, 9.17) is 5.11 Å². The van der Waals surface area contributed by atoms with E-state index in [0.717, 1.165) is 5.56 Å². The lowest BCUT2D eigenvalue weighted by Gasteiger charge is -1.90. The van der Waals surface area contributed by atoms with Gasteiger partial charge in [0.15, 0.2) is 0 Å². The van der Waals surface area contributed by atoms with E-state index >= 15 is 0 Å². The zero-order chi connectivity index (χ0) is 8.81. The van der Waals surface area contributed by atoms with E-state index in [2.05, 4.69) is 10.1 Å². The Hall–Kier alpha value is -1.62. The number of amides is 1. The Morgan fingerprint density at radius 3 is 2.69 bits per heavy atom. The molecule has 0 aliphatic carbocycles. The molecule has 1 aromatic rings. The fourth-order valence-electron chi connectivity index (χ4n) is 0.612. The molecule has 1 amide bonds. The highest BCUT2D eigenvalue weighted by Crippen LogP contribution is 1.89. The second-order valence-electron chi connectivity index (χ2n) is 1.96. The molecule has 0 unspecified atom stereocenters. The molecule has 0 aromatic carbocycles. The molecule has 70 valence electrons. The topological polar surface area (TPSA) is 74.6 Å². The Morgan fingerprint density at radius 2 is 2.15 bits per heavy atom. The summed E-state index contributed by atoms with van der Waals surface area (Å²) >= 11 is 0. The zero-order valence-electron chi connectivity index (χ0n) is 6.54. The Kier molecular flexibility index (Phi) is 5.22. The minimum atomic E-state index is -1.18. The van der Waals surface area contributed by atoms with Gasteiger partial charge in [0.2, 0.25) is 0 Å². The Bertz CT molecular complexity index is 289. The first-order chi connectivity index (χ1) is 5.79. The fourth-order valence-corrected chi connectivity index (χ4v) is 0.612. The molecule has 5 nitrogen and oxygen atoms in total. The largest absolute Gasteiger partial charge is 0.464 e. The van der Waals surface area contributed by atoms with Gasteiger partial charge in [-0.1, -0.05) is 0 Å². The molecule has 0 fully saturated rings. The molecule has 0 saturated carbocycles. The molecule has 0 saturated heterocycles. The van der Waals surface area contributed by atoms with Crippen LogP contribution in [0.1, 0.15) is 5.56 Å². The van der Waals surface area contributed by atoms with Crippen molar-refractivity contribution in [3.63, 3.8) is 0 Å². The van der Waals surface area contributed by atoms with E-state index in [1.54, 1.807) is 24.5 Å². The average Bonchev–Trinajstić information content (AvgIpc) is 2.05. The summed E-state index contributed by atoms with van der Waals surface area (Å²) in [6, 6.07) is 3.43. The van der Waals surface area contributed by atoms with Crippen LogP contribution in [-0.4, -0.2) is 22.4 Å². The quantitative estimate of drug-likeness (QED) is 0.556. The molecule has 13 heavy (non-hydrogen) atoms. The third-order valence-electron chi connectivity index (χ3n) is 1.08. The summed E-state index contributed by atoms with van der Waals surface area (Å²) in [6.07, 6.45) is 3.42. The van der Waals surface area contributed by atoms with Crippen molar-refractivity contribution in [3.05, 3.63) is 30.1 Å². The first kappa shape index (κ1) is 11.4. The van der Waals surface area contributed by atoms with Crippen molar-refractivity contribution in [2.45, 2.75) is 0 Å². The van der Waals surface area contributed by atoms with Gasteiger partial charge in [0, 0.05) is 12.4 Å². The van der Waals surface area contributed by atoms with Crippen molar-refractivity contribution in [3.8, 4) is 0 Å². The molecule has 0 bridgehead atoms. The van der Waals surface area contributed by atoms with Gasteiger partial charge in [0.05, 0.1) is 6.21 Å². The predicted octanol–water partition coefficient (Wildman–Crippen LogP) is 1.10. The van der Waals surface area contributed by atoms with E-state index in [0.29, 0.717) is 0 Å². The number of nitrogens with one attached hydrogen (secondary N) is 1. The van der Waals surface area contributed by atoms with E-state index < -0.39 is 6.09 Å². The SMILES string of the molecule is Cl.O=C(O)NN=Cc1ccncc1. The number of hydrogen-bond donors (Lipinski definition) is 2. The maximum atomic E-state index is 9.95. The third kappa shape index (κ3) is 4.76. The van der Waals surface area contributed by atoms with Gasteiger partial charge in [-0.2, -0.15) is 5.10 Å². The van der Waals surface area contributed by atoms with Crippen LogP contribution in [-0.2, 0) is 0 Å². The van der Waals surface area contributed by atoms with Crippen molar-refractivity contribution in [2.75, 3.05) is 0 Å². The number of halogens is 1. The molecule has 6 heteroatoms. The summed E-state index contributed by atoms with van der Waals surface area (Å²) in [6.45, 7) is 0. The minimum absolute atomic E-state index is 0. The van der Waals surface area contributed by atoms with E-state index in [-0.39, 0.29) is 12.4 Å². The van der Waals surface area contributed by atoms with Crippen LogP contribution >= 0.6 is 12.4 Å². The van der Waals surface area contributed by atoms with Crippen LogP contribution in [0, 0.1) is 0 Å². The van der Waals surface area contributed by atoms with Crippen LogP contribution in [0.4, 0.5) is 4.79 Å². The minimum Gasteiger partial charge on any atom is -0.464 e. The van der Waals surface area contributed by atoms with Crippen LogP contribution in [0.3, 0.4) is 0 Å². The van der Waals surface area contributed by atoms with Crippen molar-refractivity contribution in [2.24, 2.45) is 5.10 Å². The van der Waals surface area contributed by atoms with Gasteiger partial charge in [0.25, 0.3) is 0 Å². The van der Waals surface area contributed by atoms with Crippen molar-refractivity contribution < 1.29 is 9.90 Å². The first-order valence-electron chi connectivity index (χ1n) is 3.21. The van der Waals surface area contributed by atoms with Crippen LogP contribution in [0.25, 0.3) is 0 Å². The van der Waals surface area contributed by atoms with E-state index in [1.807, 2.05) is 5.43 Å². The average molecular weight is 202 g/mol. The molecule has 1 rings (SSSR count). The lowest BCUT2D eigenvalue weighted by Crippen LogP contribution is -2.13. The Labute approximate surface area is 80.9 Å². The van der Waals surface area contributed by atoms with Gasteiger partial charge in [-0.05, 0) is 17.7 Å². The summed E-state index contributed by atoms with van der Waals surface area (Å²) in [7, 11) is 0. The maximum Gasteiger partial charge on any atom is 0.425 e. The van der Waals surface area contributed by atoms with Gasteiger partial charge in [-0.15, -0.1) is 12.4 Å². The Balaban J connectivity index is 0.00000144. The number of nitrogens with zero attached hydrogens (tertiary/aromatic N) is 2. The lowest BCUT2D eigenvalue weighted by atomic mass is 10.3. The van der Waals surface area contributed by atoms with Crippen LogP contribution in [0.2, 0.25) is 0 Å². The number of rotatable bonds is 2. The third-order valence-corrected chi connectivity index (χ3v) is 1.08. The molecule has 1 heterocycles. The number of pyridine rings is 1. The highest BCUT2D eigenvalue weighted by atomic mass is 35.5. The number of carbonyl (C=O) groups is 1. The fraction of sp³-hybridized carbons (Fsp3) is 0. The molecular weight excluding hydrogens is 194 g/mol. The van der Waals surface area contributed by atoms with Crippen LogP contribution < -0.4 is 5.43 Å². The summed E-state index contributed by atoms with van der Waals surface area (Å²) in [5.74, 6) is 0. The monoisotopic (exact) mass is 201 g/mol. The number of hydrogen-bond acceptors (Lipinski definition) is 3. The van der Waals surface area contributed by atoms with Crippen LogP contribution in [0.15, 0.2) is 29.6 Å². The molecular formula is C7H8ClN3O2. The zero-order valence-corrected chi connectivity index (χ0v) is 7.36. The Morgan fingerprint density at radius 1 is 1.54 bits per heavy atom. The maximum absolute atomic E-state index is 9.95. The molecule has 0 atom stereocenters. The standard InChI is InChI=1S/C7H7N3O2.ClH/c11-7(12)10-9-5-6-1-3-8-4-2-6;/h1-5,10H,(H,11,12);1H. The summed E-state index contributed by atoms with van der Waals surface area (Å²) < 4.78 is 0. The molecule has 0 aliphatic heterocycles. The molecule has 0 aliphatic rings. The molecule has 0 radical (unpaired) electrons. The van der Waals surface area contributed by atoms with Crippen molar-refractivity contribution in [1.82, 2.24) is 10.4 Å².